The van der Waals surface area contributed by atoms with Gasteiger partial charge in [0.05, 0.1) is 5.52 Å². The quantitative estimate of drug-likeness (QED) is 0.772. The van der Waals surface area contributed by atoms with Crippen molar-refractivity contribution in [1.29, 1.82) is 0 Å². The molecular weight excluding hydrogens is 252 g/mol. The maximum Gasteiger partial charge on any atom is 0.0705 e. The molecule has 0 spiro atoms. The van der Waals surface area contributed by atoms with E-state index in [0.29, 0.717) is 6.04 Å². The van der Waals surface area contributed by atoms with Gasteiger partial charge < -0.3 is 5.32 Å². The van der Waals surface area contributed by atoms with Gasteiger partial charge in [-0.2, -0.15) is 11.8 Å². The summed E-state index contributed by atoms with van der Waals surface area (Å²) in [5.74, 6) is 2.35. The van der Waals surface area contributed by atoms with Crippen LogP contribution in [0.1, 0.15) is 31.9 Å². The van der Waals surface area contributed by atoms with Gasteiger partial charge in [0.25, 0.3) is 0 Å². The van der Waals surface area contributed by atoms with Crippen LogP contribution in [0.15, 0.2) is 36.5 Å². The van der Waals surface area contributed by atoms with Crippen molar-refractivity contribution in [1.82, 2.24) is 10.3 Å². The molecular formula is C16H22N2S. The topological polar surface area (TPSA) is 24.9 Å². The molecule has 0 bridgehead atoms. The van der Waals surface area contributed by atoms with Crippen LogP contribution in [0.25, 0.3) is 10.9 Å². The molecule has 3 heteroatoms. The Morgan fingerprint density at radius 2 is 2.16 bits per heavy atom. The summed E-state index contributed by atoms with van der Waals surface area (Å²) in [5, 5.41) is 4.78. The highest BCUT2D eigenvalue weighted by molar-refractivity contribution is 7.99. The average molecular weight is 274 g/mol. The van der Waals surface area contributed by atoms with E-state index < -0.39 is 0 Å². The molecule has 0 aliphatic rings. The first-order chi connectivity index (χ1) is 9.35. The SMILES string of the molecule is CCCSCC(NCC)c1ccc2cccnc2c1. The maximum atomic E-state index is 4.45. The predicted octanol–water partition coefficient (Wildman–Crippen LogP) is 4.03. The number of hydrogen-bond donors (Lipinski definition) is 1. The number of aromatic nitrogens is 1. The van der Waals surface area contributed by atoms with E-state index in [2.05, 4.69) is 48.4 Å². The fourth-order valence-corrected chi connectivity index (χ4v) is 3.17. The van der Waals surface area contributed by atoms with E-state index in [0.717, 1.165) is 17.8 Å². The molecule has 2 nitrogen and oxygen atoms in total. The minimum atomic E-state index is 0.424. The summed E-state index contributed by atoms with van der Waals surface area (Å²) in [4.78, 5) is 4.45. The van der Waals surface area contributed by atoms with Gasteiger partial charge in [0.15, 0.2) is 0 Å². The average Bonchev–Trinajstić information content (AvgIpc) is 2.46. The van der Waals surface area contributed by atoms with Crippen LogP contribution in [0, 0.1) is 0 Å². The zero-order chi connectivity index (χ0) is 13.5. The number of thioether (sulfide) groups is 1. The van der Waals surface area contributed by atoms with Crippen LogP contribution in [-0.4, -0.2) is 23.0 Å². The summed E-state index contributed by atoms with van der Waals surface area (Å²) in [5.41, 5.74) is 2.43. The highest BCUT2D eigenvalue weighted by Gasteiger charge is 2.10. The van der Waals surface area contributed by atoms with Crippen molar-refractivity contribution < 1.29 is 0 Å². The standard InChI is InChI=1S/C16H22N2S/c1-3-10-19-12-16(17-4-2)14-8-7-13-6-5-9-18-15(13)11-14/h5-9,11,16-17H,3-4,10,12H2,1-2H3. The van der Waals surface area contributed by atoms with Crippen molar-refractivity contribution in [3.63, 3.8) is 0 Å². The molecule has 1 unspecified atom stereocenters. The van der Waals surface area contributed by atoms with Gasteiger partial charge in [-0.25, -0.2) is 0 Å². The van der Waals surface area contributed by atoms with Crippen LogP contribution in [0.4, 0.5) is 0 Å². The number of nitrogens with one attached hydrogen (secondary N) is 1. The molecule has 19 heavy (non-hydrogen) atoms. The van der Waals surface area contributed by atoms with Crippen LogP contribution in [0.5, 0.6) is 0 Å². The Kier molecular flexibility index (Phi) is 5.67. The summed E-state index contributed by atoms with van der Waals surface area (Å²) >= 11 is 2.02. The van der Waals surface area contributed by atoms with Crippen LogP contribution in [-0.2, 0) is 0 Å². The Hall–Kier alpha value is -1.06. The summed E-state index contributed by atoms with van der Waals surface area (Å²) < 4.78 is 0. The van der Waals surface area contributed by atoms with E-state index in [1.54, 1.807) is 0 Å². The largest absolute Gasteiger partial charge is 0.310 e. The number of rotatable bonds is 7. The molecule has 2 rings (SSSR count). The molecule has 1 atom stereocenters. The van der Waals surface area contributed by atoms with Gasteiger partial charge in [-0.05, 0) is 36.4 Å². The molecule has 2 aromatic rings. The number of hydrogen-bond acceptors (Lipinski definition) is 3. The first-order valence-electron chi connectivity index (χ1n) is 7.01. The van der Waals surface area contributed by atoms with E-state index in [1.807, 2.05) is 24.0 Å². The van der Waals surface area contributed by atoms with E-state index in [9.17, 15) is 0 Å². The molecule has 0 radical (unpaired) electrons. The van der Waals surface area contributed by atoms with Crippen molar-refractivity contribution in [2.45, 2.75) is 26.3 Å². The van der Waals surface area contributed by atoms with Crippen LogP contribution in [0.3, 0.4) is 0 Å². The lowest BCUT2D eigenvalue weighted by atomic mass is 10.1. The molecule has 0 fully saturated rings. The molecule has 0 aliphatic heterocycles. The minimum Gasteiger partial charge on any atom is -0.310 e. The number of benzene rings is 1. The van der Waals surface area contributed by atoms with Crippen LogP contribution < -0.4 is 5.32 Å². The fourth-order valence-electron chi connectivity index (χ4n) is 2.17. The number of pyridine rings is 1. The van der Waals surface area contributed by atoms with Crippen molar-refractivity contribution in [2.75, 3.05) is 18.1 Å². The zero-order valence-corrected chi connectivity index (χ0v) is 12.5. The van der Waals surface area contributed by atoms with Gasteiger partial charge in [-0.3, -0.25) is 4.98 Å². The monoisotopic (exact) mass is 274 g/mol. The van der Waals surface area contributed by atoms with Gasteiger partial charge in [0, 0.05) is 23.4 Å². The summed E-state index contributed by atoms with van der Waals surface area (Å²) in [6.45, 7) is 5.39. The molecule has 0 amide bonds. The van der Waals surface area contributed by atoms with Crippen LogP contribution in [0.2, 0.25) is 0 Å². The lowest BCUT2D eigenvalue weighted by Gasteiger charge is -2.18. The minimum absolute atomic E-state index is 0.424. The van der Waals surface area contributed by atoms with E-state index >= 15 is 0 Å². The van der Waals surface area contributed by atoms with Gasteiger partial charge in [0.2, 0.25) is 0 Å². The predicted molar refractivity (Wildman–Crippen MR) is 85.8 cm³/mol. The second-order valence-corrected chi connectivity index (χ2v) is 5.79. The molecule has 1 N–H and O–H groups in total. The summed E-state index contributed by atoms with van der Waals surface area (Å²) in [7, 11) is 0. The second kappa shape index (κ2) is 7.51. The Morgan fingerprint density at radius 1 is 1.26 bits per heavy atom. The van der Waals surface area contributed by atoms with Crippen molar-refractivity contribution >= 4 is 22.7 Å². The van der Waals surface area contributed by atoms with Gasteiger partial charge in [-0.1, -0.05) is 32.0 Å². The maximum absolute atomic E-state index is 4.45. The molecule has 1 aromatic heterocycles. The van der Waals surface area contributed by atoms with Gasteiger partial charge in [-0.15, -0.1) is 0 Å². The lowest BCUT2D eigenvalue weighted by molar-refractivity contribution is 0.606. The Bertz CT molecular complexity index is 513. The van der Waals surface area contributed by atoms with E-state index in [-0.39, 0.29) is 0 Å². The van der Waals surface area contributed by atoms with Crippen molar-refractivity contribution in [3.05, 3.63) is 42.1 Å². The first-order valence-corrected chi connectivity index (χ1v) is 8.16. The van der Waals surface area contributed by atoms with E-state index in [1.165, 1.54) is 23.1 Å². The van der Waals surface area contributed by atoms with Crippen molar-refractivity contribution in [2.24, 2.45) is 0 Å². The Morgan fingerprint density at radius 3 is 2.95 bits per heavy atom. The lowest BCUT2D eigenvalue weighted by Crippen LogP contribution is -2.23. The fraction of sp³-hybridized carbons (Fsp3) is 0.438. The molecule has 102 valence electrons. The number of nitrogens with zero attached hydrogens (tertiary/aromatic N) is 1. The first kappa shape index (κ1) is 14.4. The highest BCUT2D eigenvalue weighted by atomic mass is 32.2. The summed E-state index contributed by atoms with van der Waals surface area (Å²) in [6.07, 6.45) is 3.10. The van der Waals surface area contributed by atoms with Crippen molar-refractivity contribution in [3.8, 4) is 0 Å². The molecule has 0 saturated heterocycles. The molecule has 0 aliphatic carbocycles. The number of fused-ring (bicyclic) bond motifs is 1. The summed E-state index contributed by atoms with van der Waals surface area (Å²) in [6, 6.07) is 11.1. The Balaban J connectivity index is 2.17. The van der Waals surface area contributed by atoms with Gasteiger partial charge in [0.1, 0.15) is 0 Å². The van der Waals surface area contributed by atoms with Crippen LogP contribution >= 0.6 is 11.8 Å². The third-order valence-electron chi connectivity index (χ3n) is 3.12. The zero-order valence-electron chi connectivity index (χ0n) is 11.7. The third kappa shape index (κ3) is 3.95. The molecule has 1 aromatic carbocycles. The highest BCUT2D eigenvalue weighted by Crippen LogP contribution is 2.22. The van der Waals surface area contributed by atoms with E-state index in [4.69, 9.17) is 0 Å². The van der Waals surface area contributed by atoms with Gasteiger partial charge >= 0.3 is 0 Å². The molecule has 1 heterocycles. The smallest absolute Gasteiger partial charge is 0.0705 e. The third-order valence-corrected chi connectivity index (χ3v) is 4.38. The normalized spacial score (nSPS) is 12.7. The molecule has 0 saturated carbocycles. The Labute approximate surface area is 120 Å². The second-order valence-electron chi connectivity index (χ2n) is 4.64.